The number of rotatable bonds is 5. The van der Waals surface area contributed by atoms with Crippen LogP contribution >= 0.6 is 0 Å². The van der Waals surface area contributed by atoms with E-state index in [-0.39, 0.29) is 24.5 Å². The molecule has 2 fully saturated rings. The lowest BCUT2D eigenvalue weighted by molar-refractivity contribution is -0.125. The van der Waals surface area contributed by atoms with E-state index in [4.69, 9.17) is 14.2 Å². The molecule has 2 aliphatic heterocycles. The number of hydrogen-bond acceptors (Lipinski definition) is 6. The molecule has 8 nitrogen and oxygen atoms in total. The number of nitrogens with zero attached hydrogens (tertiary/aromatic N) is 2. The van der Waals surface area contributed by atoms with Crippen molar-refractivity contribution in [3.05, 3.63) is 24.3 Å². The predicted octanol–water partition coefficient (Wildman–Crippen LogP) is 0.321. The van der Waals surface area contributed by atoms with Gasteiger partial charge in [-0.05, 0) is 24.3 Å². The molecule has 2 heterocycles. The number of morpholine rings is 1. The SMILES string of the molecule is COC1OC(CNC(C)=O)CN1c1ccc(N2CCOCC2=O)cc1. The summed E-state index contributed by atoms with van der Waals surface area (Å²) in [6.45, 7) is 3.75. The van der Waals surface area contributed by atoms with Gasteiger partial charge in [-0.25, -0.2) is 0 Å². The third kappa shape index (κ3) is 4.09. The highest BCUT2D eigenvalue weighted by molar-refractivity contribution is 5.95. The second-order valence-electron chi connectivity index (χ2n) is 6.00. The molecule has 0 radical (unpaired) electrons. The van der Waals surface area contributed by atoms with Gasteiger partial charge in [-0.15, -0.1) is 0 Å². The van der Waals surface area contributed by atoms with Crippen LogP contribution in [0.1, 0.15) is 6.92 Å². The van der Waals surface area contributed by atoms with E-state index < -0.39 is 6.41 Å². The Kier molecular flexibility index (Phi) is 5.52. The minimum Gasteiger partial charge on any atom is -0.370 e. The van der Waals surface area contributed by atoms with Crippen molar-refractivity contribution in [2.75, 3.05) is 49.8 Å². The molecule has 2 saturated heterocycles. The summed E-state index contributed by atoms with van der Waals surface area (Å²) in [5, 5.41) is 2.76. The molecule has 2 amide bonds. The van der Waals surface area contributed by atoms with Crippen molar-refractivity contribution in [1.82, 2.24) is 5.32 Å². The first-order valence-corrected chi connectivity index (χ1v) is 8.26. The number of carbonyl (C=O) groups excluding carboxylic acids is 2. The molecule has 8 heteroatoms. The summed E-state index contributed by atoms with van der Waals surface area (Å²) in [6.07, 6.45) is -0.649. The Bertz CT molecular complexity index is 621. The summed E-state index contributed by atoms with van der Waals surface area (Å²) in [5.74, 6) is -0.121. The zero-order chi connectivity index (χ0) is 17.8. The molecule has 1 aromatic rings. The molecule has 2 atom stereocenters. The van der Waals surface area contributed by atoms with Crippen LogP contribution in [-0.4, -0.2) is 64.3 Å². The highest BCUT2D eigenvalue weighted by Crippen LogP contribution is 2.27. The van der Waals surface area contributed by atoms with Crippen LogP contribution in [0.15, 0.2) is 24.3 Å². The van der Waals surface area contributed by atoms with Gasteiger partial charge in [0.2, 0.25) is 12.3 Å². The monoisotopic (exact) mass is 349 g/mol. The van der Waals surface area contributed by atoms with Gasteiger partial charge < -0.3 is 29.3 Å². The summed E-state index contributed by atoms with van der Waals surface area (Å²) in [7, 11) is 1.58. The van der Waals surface area contributed by atoms with Gasteiger partial charge in [-0.3, -0.25) is 9.59 Å². The van der Waals surface area contributed by atoms with Crippen LogP contribution < -0.4 is 15.1 Å². The predicted molar refractivity (Wildman–Crippen MR) is 91.3 cm³/mol. The molecule has 1 N–H and O–H groups in total. The number of amides is 2. The molecule has 136 valence electrons. The third-order valence-corrected chi connectivity index (χ3v) is 4.22. The summed E-state index contributed by atoms with van der Waals surface area (Å²) < 4.78 is 16.3. The van der Waals surface area contributed by atoms with Gasteiger partial charge in [0.1, 0.15) is 6.61 Å². The van der Waals surface area contributed by atoms with Crippen LogP contribution in [0.2, 0.25) is 0 Å². The van der Waals surface area contributed by atoms with Crippen molar-refractivity contribution in [3.8, 4) is 0 Å². The van der Waals surface area contributed by atoms with Gasteiger partial charge in [0.15, 0.2) is 0 Å². The first-order chi connectivity index (χ1) is 12.1. The van der Waals surface area contributed by atoms with Crippen molar-refractivity contribution >= 4 is 23.2 Å². The Morgan fingerprint density at radius 1 is 1.32 bits per heavy atom. The fourth-order valence-electron chi connectivity index (χ4n) is 2.98. The Morgan fingerprint density at radius 2 is 2.04 bits per heavy atom. The number of ether oxygens (including phenoxy) is 3. The maximum Gasteiger partial charge on any atom is 0.253 e. The van der Waals surface area contributed by atoms with Crippen LogP contribution in [0.3, 0.4) is 0 Å². The third-order valence-electron chi connectivity index (χ3n) is 4.22. The fourth-order valence-corrected chi connectivity index (χ4v) is 2.98. The smallest absolute Gasteiger partial charge is 0.253 e. The molecule has 2 unspecified atom stereocenters. The number of anilines is 2. The van der Waals surface area contributed by atoms with Crippen molar-refractivity contribution in [1.29, 1.82) is 0 Å². The molecule has 25 heavy (non-hydrogen) atoms. The van der Waals surface area contributed by atoms with Crippen LogP contribution in [0.4, 0.5) is 11.4 Å². The van der Waals surface area contributed by atoms with Gasteiger partial charge in [0.25, 0.3) is 5.91 Å². The maximum absolute atomic E-state index is 11.9. The van der Waals surface area contributed by atoms with E-state index in [1.807, 2.05) is 29.2 Å². The standard InChI is InChI=1S/C17H23N3O5/c1-12(21)18-9-15-10-20(17(23-2)25-15)14-5-3-13(4-6-14)19-7-8-24-11-16(19)22/h3-6,15,17H,7-11H2,1-2H3,(H,18,21). The number of nitrogens with one attached hydrogen (secondary N) is 1. The van der Waals surface area contributed by atoms with Gasteiger partial charge in [-0.2, -0.15) is 0 Å². The quantitative estimate of drug-likeness (QED) is 0.825. The Labute approximate surface area is 146 Å². The Morgan fingerprint density at radius 3 is 2.68 bits per heavy atom. The molecular formula is C17H23N3O5. The van der Waals surface area contributed by atoms with E-state index in [9.17, 15) is 9.59 Å². The van der Waals surface area contributed by atoms with E-state index in [2.05, 4.69) is 5.32 Å². The van der Waals surface area contributed by atoms with E-state index in [1.165, 1.54) is 6.92 Å². The lowest BCUT2D eigenvalue weighted by Crippen LogP contribution is -2.41. The van der Waals surface area contributed by atoms with Crippen LogP contribution in [-0.2, 0) is 23.8 Å². The molecule has 3 rings (SSSR count). The zero-order valence-electron chi connectivity index (χ0n) is 14.4. The normalized spacial score (nSPS) is 23.8. The second-order valence-corrected chi connectivity index (χ2v) is 6.00. The fraction of sp³-hybridized carbons (Fsp3) is 0.529. The summed E-state index contributed by atoms with van der Waals surface area (Å²) >= 11 is 0. The van der Waals surface area contributed by atoms with Crippen molar-refractivity contribution < 1.29 is 23.8 Å². The molecule has 0 bridgehead atoms. The first-order valence-electron chi connectivity index (χ1n) is 8.26. The van der Waals surface area contributed by atoms with Crippen LogP contribution in [0, 0.1) is 0 Å². The van der Waals surface area contributed by atoms with Crippen molar-refractivity contribution in [3.63, 3.8) is 0 Å². The second kappa shape index (κ2) is 7.81. The summed E-state index contributed by atoms with van der Waals surface area (Å²) in [5.41, 5.74) is 1.78. The molecule has 0 aromatic heterocycles. The maximum atomic E-state index is 11.9. The van der Waals surface area contributed by atoms with Gasteiger partial charge >= 0.3 is 0 Å². The lowest BCUT2D eigenvalue weighted by Gasteiger charge is -2.28. The largest absolute Gasteiger partial charge is 0.370 e. The molecule has 0 saturated carbocycles. The number of methoxy groups -OCH3 is 1. The van der Waals surface area contributed by atoms with E-state index >= 15 is 0 Å². The molecule has 1 aromatic carbocycles. The molecule has 0 spiro atoms. The van der Waals surface area contributed by atoms with Crippen LogP contribution in [0.25, 0.3) is 0 Å². The van der Waals surface area contributed by atoms with Gasteiger partial charge in [-0.1, -0.05) is 0 Å². The number of carbonyl (C=O) groups is 2. The van der Waals surface area contributed by atoms with Gasteiger partial charge in [0.05, 0.1) is 19.3 Å². The van der Waals surface area contributed by atoms with Gasteiger partial charge in [0, 0.05) is 38.5 Å². The highest BCUT2D eigenvalue weighted by atomic mass is 16.7. The first kappa shape index (κ1) is 17.7. The topological polar surface area (TPSA) is 80.3 Å². The summed E-state index contributed by atoms with van der Waals surface area (Å²) in [4.78, 5) is 26.7. The van der Waals surface area contributed by atoms with E-state index in [1.54, 1.807) is 12.0 Å². The van der Waals surface area contributed by atoms with Crippen molar-refractivity contribution in [2.45, 2.75) is 19.4 Å². The zero-order valence-corrected chi connectivity index (χ0v) is 14.4. The van der Waals surface area contributed by atoms with E-state index in [0.29, 0.717) is 26.2 Å². The molecule has 2 aliphatic rings. The van der Waals surface area contributed by atoms with Crippen LogP contribution in [0.5, 0.6) is 0 Å². The highest BCUT2D eigenvalue weighted by Gasteiger charge is 2.33. The average molecular weight is 349 g/mol. The molecular weight excluding hydrogens is 326 g/mol. The van der Waals surface area contributed by atoms with Crippen molar-refractivity contribution in [2.24, 2.45) is 0 Å². The molecule has 0 aliphatic carbocycles. The Balaban J connectivity index is 1.68. The summed E-state index contributed by atoms with van der Waals surface area (Å²) in [6, 6.07) is 7.70. The Hall–Kier alpha value is -2.16. The average Bonchev–Trinajstić information content (AvgIpc) is 3.04. The van der Waals surface area contributed by atoms with E-state index in [0.717, 1.165) is 11.4 Å². The number of benzene rings is 1. The minimum atomic E-state index is -0.505. The number of hydrogen-bond donors (Lipinski definition) is 1. The lowest BCUT2D eigenvalue weighted by atomic mass is 10.2. The minimum absolute atomic E-state index is 0.0337.